The van der Waals surface area contributed by atoms with Gasteiger partial charge in [0, 0.05) is 17.1 Å². The van der Waals surface area contributed by atoms with Crippen molar-refractivity contribution in [3.8, 4) is 5.75 Å². The second-order valence-corrected chi connectivity index (χ2v) is 12.5. The third kappa shape index (κ3) is 7.73. The molecule has 0 aliphatic carbocycles. The summed E-state index contributed by atoms with van der Waals surface area (Å²) in [4.78, 5) is 28.3. The van der Waals surface area contributed by atoms with E-state index in [4.69, 9.17) is 16.3 Å². The van der Waals surface area contributed by atoms with Crippen LogP contribution in [0.1, 0.15) is 33.3 Å². The lowest BCUT2D eigenvalue weighted by Gasteiger charge is -2.33. The van der Waals surface area contributed by atoms with E-state index in [0.717, 1.165) is 4.31 Å². The summed E-state index contributed by atoms with van der Waals surface area (Å²) in [6.45, 7) is 6.25. The van der Waals surface area contributed by atoms with Crippen LogP contribution < -0.4 is 14.4 Å². The van der Waals surface area contributed by atoms with Gasteiger partial charge in [-0.2, -0.15) is 0 Å². The second kappa shape index (κ2) is 12.7. The van der Waals surface area contributed by atoms with Crippen LogP contribution in [0.2, 0.25) is 5.02 Å². The number of carbonyl (C=O) groups is 2. The Morgan fingerprint density at radius 1 is 1.02 bits per heavy atom. The van der Waals surface area contributed by atoms with E-state index < -0.39 is 45.8 Å². The lowest BCUT2D eigenvalue weighted by Crippen LogP contribution is -2.54. The van der Waals surface area contributed by atoms with Crippen LogP contribution in [-0.4, -0.2) is 50.4 Å². The molecule has 3 rings (SSSR count). The topological polar surface area (TPSA) is 96.0 Å². The first-order chi connectivity index (χ1) is 18.7. The van der Waals surface area contributed by atoms with E-state index in [1.54, 1.807) is 31.2 Å². The number of hydrogen-bond donors (Lipinski definition) is 1. The van der Waals surface area contributed by atoms with E-state index in [2.05, 4.69) is 5.32 Å². The summed E-state index contributed by atoms with van der Waals surface area (Å²) in [5.41, 5.74) is 0.0379. The van der Waals surface area contributed by atoms with Crippen molar-refractivity contribution in [1.29, 1.82) is 0 Å². The molecule has 2 amide bonds. The maximum absolute atomic E-state index is 14.0. The summed E-state index contributed by atoms with van der Waals surface area (Å²) in [5, 5.41) is 3.09. The van der Waals surface area contributed by atoms with Gasteiger partial charge in [0.15, 0.2) is 0 Å². The molecule has 40 heavy (non-hydrogen) atoms. The SMILES string of the molecule is COc1ccc(Cl)cc1N(CC(=O)N(Cc1ccc(F)cc1)[C@@H](C)C(=O)NC(C)(C)C)S(=O)(=O)c1ccccc1. The summed E-state index contributed by atoms with van der Waals surface area (Å²) >= 11 is 6.23. The molecule has 3 aromatic rings. The molecule has 0 radical (unpaired) electrons. The maximum atomic E-state index is 14.0. The Hall–Kier alpha value is -3.63. The number of halogens is 2. The molecular formula is C29H33ClFN3O5S. The third-order valence-electron chi connectivity index (χ3n) is 5.95. The standard InChI is InChI=1S/C29H33ClFN3O5S/c1-20(28(36)32-29(2,3)4)33(18-21-11-14-23(31)15-12-21)27(35)19-34(25-17-22(30)13-16-26(25)39-5)40(37,38)24-9-7-6-8-10-24/h6-17,20H,18-19H2,1-5H3,(H,32,36)/t20-/m0/s1. The predicted molar refractivity (Wildman–Crippen MR) is 153 cm³/mol. The summed E-state index contributed by atoms with van der Waals surface area (Å²) in [5.74, 6) is -1.36. The van der Waals surface area contributed by atoms with Crippen molar-refractivity contribution >= 4 is 39.1 Å². The molecule has 0 aliphatic heterocycles. The average molecular weight is 590 g/mol. The maximum Gasteiger partial charge on any atom is 0.264 e. The number of nitrogens with one attached hydrogen (secondary N) is 1. The smallest absolute Gasteiger partial charge is 0.264 e. The van der Waals surface area contributed by atoms with E-state index >= 15 is 0 Å². The lowest BCUT2D eigenvalue weighted by atomic mass is 10.1. The number of hydrogen-bond acceptors (Lipinski definition) is 5. The minimum atomic E-state index is -4.29. The lowest BCUT2D eigenvalue weighted by molar-refractivity contribution is -0.140. The fourth-order valence-electron chi connectivity index (χ4n) is 3.93. The fraction of sp³-hybridized carbons (Fsp3) is 0.310. The Labute approximate surface area is 239 Å². The molecule has 0 fully saturated rings. The Balaban J connectivity index is 2.09. The van der Waals surface area contributed by atoms with Crippen LogP contribution in [0.3, 0.4) is 0 Å². The normalized spacial score (nSPS) is 12.4. The molecular weight excluding hydrogens is 557 g/mol. The van der Waals surface area contributed by atoms with Gasteiger partial charge in [-0.3, -0.25) is 13.9 Å². The van der Waals surface area contributed by atoms with Gasteiger partial charge in [0.1, 0.15) is 24.2 Å². The zero-order chi connectivity index (χ0) is 29.7. The third-order valence-corrected chi connectivity index (χ3v) is 7.96. The summed E-state index contributed by atoms with van der Waals surface area (Å²) in [7, 11) is -2.91. The van der Waals surface area contributed by atoms with Gasteiger partial charge in [0.05, 0.1) is 17.7 Å². The number of amides is 2. The molecule has 0 unspecified atom stereocenters. The Morgan fingerprint density at radius 2 is 1.65 bits per heavy atom. The van der Waals surface area contributed by atoms with E-state index in [1.807, 2.05) is 20.8 Å². The van der Waals surface area contributed by atoms with Crippen LogP contribution >= 0.6 is 11.6 Å². The van der Waals surface area contributed by atoms with Gasteiger partial charge in [-0.05, 0) is 75.7 Å². The molecule has 11 heteroatoms. The highest BCUT2D eigenvalue weighted by Gasteiger charge is 2.34. The summed E-state index contributed by atoms with van der Waals surface area (Å²) in [6.07, 6.45) is 0. The molecule has 0 aromatic heterocycles. The number of carbonyl (C=O) groups excluding carboxylic acids is 2. The van der Waals surface area contributed by atoms with Crippen LogP contribution in [-0.2, 0) is 26.2 Å². The van der Waals surface area contributed by atoms with Gasteiger partial charge < -0.3 is 15.0 Å². The quantitative estimate of drug-likeness (QED) is 0.358. The molecule has 0 saturated heterocycles. The number of nitrogens with zero attached hydrogens (tertiary/aromatic N) is 2. The van der Waals surface area contributed by atoms with E-state index in [9.17, 15) is 22.4 Å². The number of methoxy groups -OCH3 is 1. The molecule has 3 aromatic carbocycles. The van der Waals surface area contributed by atoms with E-state index in [0.29, 0.717) is 5.56 Å². The van der Waals surface area contributed by atoms with Gasteiger partial charge in [-0.1, -0.05) is 41.9 Å². The summed E-state index contributed by atoms with van der Waals surface area (Å²) < 4.78 is 47.7. The highest BCUT2D eigenvalue weighted by atomic mass is 35.5. The molecule has 1 N–H and O–H groups in total. The van der Waals surface area contributed by atoms with Crippen molar-refractivity contribution in [2.45, 2.75) is 50.7 Å². The van der Waals surface area contributed by atoms with E-state index in [-0.39, 0.29) is 27.9 Å². The van der Waals surface area contributed by atoms with Crippen molar-refractivity contribution in [1.82, 2.24) is 10.2 Å². The molecule has 8 nitrogen and oxygen atoms in total. The first-order valence-electron chi connectivity index (χ1n) is 12.5. The Morgan fingerprint density at radius 3 is 2.23 bits per heavy atom. The Bertz CT molecular complexity index is 1440. The number of ether oxygens (including phenoxy) is 1. The van der Waals surface area contributed by atoms with Crippen molar-refractivity contribution < 1.29 is 27.1 Å². The number of benzene rings is 3. The average Bonchev–Trinajstić information content (AvgIpc) is 2.90. The van der Waals surface area contributed by atoms with Crippen molar-refractivity contribution in [2.24, 2.45) is 0 Å². The second-order valence-electron chi connectivity index (χ2n) is 10.2. The van der Waals surface area contributed by atoms with Gasteiger partial charge >= 0.3 is 0 Å². The molecule has 0 aliphatic rings. The van der Waals surface area contributed by atoms with Crippen molar-refractivity contribution in [2.75, 3.05) is 18.0 Å². The molecule has 0 saturated carbocycles. The zero-order valence-corrected chi connectivity index (χ0v) is 24.6. The zero-order valence-electron chi connectivity index (χ0n) is 23.0. The van der Waals surface area contributed by atoms with Gasteiger partial charge in [-0.15, -0.1) is 0 Å². The number of sulfonamides is 1. The Kier molecular flexibility index (Phi) is 9.81. The van der Waals surface area contributed by atoms with Crippen LogP contribution in [0.4, 0.5) is 10.1 Å². The van der Waals surface area contributed by atoms with Gasteiger partial charge in [-0.25, -0.2) is 12.8 Å². The number of rotatable bonds is 10. The molecule has 0 spiro atoms. The predicted octanol–water partition coefficient (Wildman–Crippen LogP) is 5.02. The highest BCUT2D eigenvalue weighted by molar-refractivity contribution is 7.92. The van der Waals surface area contributed by atoms with Crippen LogP contribution in [0.15, 0.2) is 77.7 Å². The largest absolute Gasteiger partial charge is 0.495 e. The highest BCUT2D eigenvalue weighted by Crippen LogP contribution is 2.35. The monoisotopic (exact) mass is 589 g/mol. The molecule has 214 valence electrons. The number of anilines is 1. The minimum Gasteiger partial charge on any atom is -0.495 e. The van der Waals surface area contributed by atoms with E-state index in [1.165, 1.54) is 60.5 Å². The van der Waals surface area contributed by atoms with Crippen molar-refractivity contribution in [3.05, 3.63) is 89.2 Å². The van der Waals surface area contributed by atoms with Crippen molar-refractivity contribution in [3.63, 3.8) is 0 Å². The molecule has 0 heterocycles. The summed E-state index contributed by atoms with van der Waals surface area (Å²) in [6, 6.07) is 16.6. The van der Waals surface area contributed by atoms with Crippen LogP contribution in [0.5, 0.6) is 5.75 Å². The first-order valence-corrected chi connectivity index (χ1v) is 14.3. The molecule has 1 atom stereocenters. The van der Waals surface area contributed by atoms with Gasteiger partial charge in [0.25, 0.3) is 10.0 Å². The van der Waals surface area contributed by atoms with Gasteiger partial charge in [0.2, 0.25) is 11.8 Å². The fourth-order valence-corrected chi connectivity index (χ4v) is 5.54. The van der Waals surface area contributed by atoms with Crippen LogP contribution in [0.25, 0.3) is 0 Å². The molecule has 0 bridgehead atoms. The van der Waals surface area contributed by atoms with Crippen LogP contribution in [0, 0.1) is 5.82 Å². The minimum absolute atomic E-state index is 0.0477. The first kappa shape index (κ1) is 30.9.